The summed E-state index contributed by atoms with van der Waals surface area (Å²) in [5.74, 6) is 1.18. The summed E-state index contributed by atoms with van der Waals surface area (Å²) < 4.78 is 1.89. The molecule has 0 spiro atoms. The van der Waals surface area contributed by atoms with Crippen molar-refractivity contribution in [1.29, 1.82) is 0 Å². The Morgan fingerprint density at radius 1 is 1.35 bits per heavy atom. The van der Waals surface area contributed by atoms with Gasteiger partial charge in [0.05, 0.1) is 6.04 Å². The van der Waals surface area contributed by atoms with Crippen molar-refractivity contribution in [3.05, 3.63) is 47.5 Å². The maximum atomic E-state index is 11.3. The van der Waals surface area contributed by atoms with Crippen molar-refractivity contribution in [2.75, 3.05) is 0 Å². The number of hydrogen-bond donors (Lipinski definition) is 0. The third kappa shape index (κ3) is 1.65. The molecule has 17 heavy (non-hydrogen) atoms. The zero-order chi connectivity index (χ0) is 11.8. The number of carbonyl (C=O) groups is 1. The number of carbonyl (C=O) groups excluding carboxylic acids is 1. The number of ketones is 1. The second-order valence-corrected chi connectivity index (χ2v) is 4.32. The zero-order valence-corrected chi connectivity index (χ0v) is 9.63. The van der Waals surface area contributed by atoms with Crippen LogP contribution in [0.15, 0.2) is 30.3 Å². The van der Waals surface area contributed by atoms with E-state index in [0.29, 0.717) is 5.82 Å². The molecule has 0 saturated carbocycles. The summed E-state index contributed by atoms with van der Waals surface area (Å²) in [6.45, 7) is 1.50. The van der Waals surface area contributed by atoms with Gasteiger partial charge in [-0.15, -0.1) is 5.10 Å². The van der Waals surface area contributed by atoms with Gasteiger partial charge in [-0.1, -0.05) is 30.3 Å². The molecule has 0 radical (unpaired) electrons. The minimum Gasteiger partial charge on any atom is -0.291 e. The third-order valence-electron chi connectivity index (χ3n) is 3.14. The molecule has 0 aliphatic carbocycles. The van der Waals surface area contributed by atoms with Gasteiger partial charge in [-0.2, -0.15) is 0 Å². The van der Waals surface area contributed by atoms with E-state index in [2.05, 4.69) is 22.2 Å². The fourth-order valence-electron chi connectivity index (χ4n) is 2.30. The summed E-state index contributed by atoms with van der Waals surface area (Å²) in [7, 11) is 0. The zero-order valence-electron chi connectivity index (χ0n) is 9.63. The minimum absolute atomic E-state index is 0.0706. The lowest BCUT2D eigenvalue weighted by Gasteiger charge is -2.11. The van der Waals surface area contributed by atoms with Crippen LogP contribution >= 0.6 is 0 Å². The Labute approximate surface area is 99.3 Å². The van der Waals surface area contributed by atoms with Crippen molar-refractivity contribution in [2.24, 2.45) is 0 Å². The summed E-state index contributed by atoms with van der Waals surface area (Å²) in [5.41, 5.74) is 1.23. The van der Waals surface area contributed by atoms with Crippen LogP contribution < -0.4 is 0 Å². The molecular weight excluding hydrogens is 214 g/mol. The van der Waals surface area contributed by atoms with E-state index in [9.17, 15) is 4.79 Å². The highest BCUT2D eigenvalue weighted by atomic mass is 16.1. The lowest BCUT2D eigenvalue weighted by molar-refractivity contribution is 0.100. The third-order valence-corrected chi connectivity index (χ3v) is 3.14. The van der Waals surface area contributed by atoms with Gasteiger partial charge in [-0.05, 0) is 12.0 Å². The van der Waals surface area contributed by atoms with Crippen LogP contribution in [0.5, 0.6) is 0 Å². The van der Waals surface area contributed by atoms with Gasteiger partial charge >= 0.3 is 0 Å². The maximum absolute atomic E-state index is 11.3. The Hall–Kier alpha value is -1.97. The fraction of sp³-hybridized carbons (Fsp3) is 0.308. The van der Waals surface area contributed by atoms with E-state index in [1.165, 1.54) is 12.5 Å². The first kappa shape index (κ1) is 10.2. The highest BCUT2D eigenvalue weighted by Crippen LogP contribution is 2.29. The van der Waals surface area contributed by atoms with E-state index in [1.54, 1.807) is 0 Å². The number of aromatic nitrogens is 3. The number of aryl methyl sites for hydroxylation is 1. The molecule has 3 rings (SSSR count). The first-order chi connectivity index (χ1) is 8.25. The van der Waals surface area contributed by atoms with Gasteiger partial charge in [0.15, 0.2) is 5.78 Å². The van der Waals surface area contributed by atoms with Gasteiger partial charge in [0.2, 0.25) is 5.82 Å². The number of rotatable bonds is 2. The van der Waals surface area contributed by atoms with Crippen LogP contribution in [0.25, 0.3) is 0 Å². The summed E-state index contributed by atoms with van der Waals surface area (Å²) in [6.07, 6.45) is 1.90. The molecule has 2 heterocycles. The Kier molecular flexibility index (Phi) is 2.28. The van der Waals surface area contributed by atoms with Crippen molar-refractivity contribution < 1.29 is 4.79 Å². The van der Waals surface area contributed by atoms with Crippen LogP contribution in [0, 0.1) is 0 Å². The Balaban J connectivity index is 2.01. The molecule has 2 aromatic rings. The monoisotopic (exact) mass is 227 g/mol. The number of hydrogen-bond acceptors (Lipinski definition) is 3. The van der Waals surface area contributed by atoms with Crippen molar-refractivity contribution in [3.63, 3.8) is 0 Å². The molecule has 1 aromatic carbocycles. The van der Waals surface area contributed by atoms with Gasteiger partial charge in [-0.3, -0.25) is 4.79 Å². The second kappa shape index (κ2) is 3.80. The molecule has 1 aliphatic heterocycles. The van der Waals surface area contributed by atoms with E-state index in [1.807, 2.05) is 22.9 Å². The van der Waals surface area contributed by atoms with Gasteiger partial charge in [-0.25, -0.2) is 9.67 Å². The molecule has 1 atom stereocenters. The van der Waals surface area contributed by atoms with Crippen molar-refractivity contribution in [2.45, 2.75) is 25.8 Å². The minimum atomic E-state index is -0.0706. The predicted molar refractivity (Wildman–Crippen MR) is 62.9 cm³/mol. The highest BCUT2D eigenvalue weighted by molar-refractivity contribution is 5.90. The number of benzene rings is 1. The molecule has 4 heteroatoms. The Bertz CT molecular complexity index is 559. The molecular formula is C13H13N3O. The average Bonchev–Trinajstić information content (AvgIpc) is 2.89. The molecule has 0 fully saturated rings. The van der Waals surface area contributed by atoms with Crippen LogP contribution in [0.1, 0.15) is 41.4 Å². The summed E-state index contributed by atoms with van der Waals surface area (Å²) >= 11 is 0. The number of fused-ring (bicyclic) bond motifs is 1. The molecule has 0 unspecified atom stereocenters. The van der Waals surface area contributed by atoms with Gasteiger partial charge in [0.25, 0.3) is 0 Å². The lowest BCUT2D eigenvalue weighted by Crippen LogP contribution is -2.08. The van der Waals surface area contributed by atoms with Crippen LogP contribution in [0.2, 0.25) is 0 Å². The molecule has 86 valence electrons. The molecule has 0 saturated heterocycles. The summed E-state index contributed by atoms with van der Waals surface area (Å²) in [5, 5.41) is 4.30. The molecule has 4 nitrogen and oxygen atoms in total. The summed E-state index contributed by atoms with van der Waals surface area (Å²) in [6, 6.07) is 10.5. The molecule has 1 aliphatic rings. The Morgan fingerprint density at radius 2 is 2.12 bits per heavy atom. The van der Waals surface area contributed by atoms with E-state index in [4.69, 9.17) is 0 Å². The fourth-order valence-corrected chi connectivity index (χ4v) is 2.30. The molecule has 0 amide bonds. The topological polar surface area (TPSA) is 47.8 Å². The van der Waals surface area contributed by atoms with Crippen LogP contribution in [0.3, 0.4) is 0 Å². The van der Waals surface area contributed by atoms with Gasteiger partial charge in [0.1, 0.15) is 5.82 Å². The lowest BCUT2D eigenvalue weighted by atomic mass is 10.1. The first-order valence-electron chi connectivity index (χ1n) is 5.77. The van der Waals surface area contributed by atoms with Crippen molar-refractivity contribution in [1.82, 2.24) is 14.8 Å². The van der Waals surface area contributed by atoms with E-state index in [0.717, 1.165) is 18.7 Å². The van der Waals surface area contributed by atoms with Crippen molar-refractivity contribution in [3.8, 4) is 0 Å². The van der Waals surface area contributed by atoms with Crippen molar-refractivity contribution >= 4 is 5.78 Å². The highest BCUT2D eigenvalue weighted by Gasteiger charge is 2.27. The quantitative estimate of drug-likeness (QED) is 0.737. The first-order valence-corrected chi connectivity index (χ1v) is 5.77. The average molecular weight is 227 g/mol. The number of nitrogens with zero attached hydrogens (tertiary/aromatic N) is 3. The van der Waals surface area contributed by atoms with E-state index < -0.39 is 0 Å². The van der Waals surface area contributed by atoms with Gasteiger partial charge < -0.3 is 0 Å². The van der Waals surface area contributed by atoms with Crippen LogP contribution in [0.4, 0.5) is 0 Å². The standard InChI is InChI=1S/C13H13N3O/c1-9(17)13-14-12-8-7-11(16(12)15-13)10-5-3-2-4-6-10/h2-6,11H,7-8H2,1H3/t11-/m0/s1. The van der Waals surface area contributed by atoms with E-state index in [-0.39, 0.29) is 11.8 Å². The smallest absolute Gasteiger partial charge is 0.217 e. The van der Waals surface area contributed by atoms with Crippen LogP contribution in [-0.2, 0) is 6.42 Å². The normalized spacial score (nSPS) is 18.1. The SMILES string of the molecule is CC(=O)c1nc2n(n1)[C@H](c1ccccc1)CC2. The van der Waals surface area contributed by atoms with E-state index >= 15 is 0 Å². The summed E-state index contributed by atoms with van der Waals surface area (Å²) in [4.78, 5) is 15.5. The second-order valence-electron chi connectivity index (χ2n) is 4.32. The maximum Gasteiger partial charge on any atom is 0.217 e. The Morgan fingerprint density at radius 3 is 2.82 bits per heavy atom. The number of Topliss-reactive ketones (excluding diaryl/α,β-unsaturated/α-hetero) is 1. The van der Waals surface area contributed by atoms with Gasteiger partial charge in [0, 0.05) is 13.3 Å². The molecule has 1 aromatic heterocycles. The molecule has 0 bridgehead atoms. The molecule has 0 N–H and O–H groups in total. The predicted octanol–water partition coefficient (Wildman–Crippen LogP) is 2.02. The van der Waals surface area contributed by atoms with Crippen LogP contribution in [-0.4, -0.2) is 20.5 Å². The largest absolute Gasteiger partial charge is 0.291 e.